The van der Waals surface area contributed by atoms with Crippen LogP contribution in [-0.2, 0) is 0 Å². The van der Waals surface area contributed by atoms with Crippen molar-refractivity contribution < 1.29 is 0 Å². The molecule has 0 N–H and O–H groups in total. The first-order valence-electron chi connectivity index (χ1n) is 24.0. The fraction of sp³-hybridized carbons (Fsp3) is 0. The summed E-state index contributed by atoms with van der Waals surface area (Å²) in [5.41, 5.74) is 12.4. The van der Waals surface area contributed by atoms with E-state index < -0.39 is 0 Å². The lowest BCUT2D eigenvalue weighted by molar-refractivity contribution is 1.58. The van der Waals surface area contributed by atoms with Crippen LogP contribution in [0.2, 0.25) is 0 Å². The molecule has 2 heterocycles. The number of hydrogen-bond acceptors (Lipinski definition) is 2. The van der Waals surface area contributed by atoms with Crippen molar-refractivity contribution in [2.75, 3.05) is 0 Å². The smallest absolute Gasteiger partial charge is 0.0433 e. The molecule has 0 aliphatic carbocycles. The van der Waals surface area contributed by atoms with Gasteiger partial charge in [0.15, 0.2) is 0 Å². The molecule has 0 spiro atoms. The van der Waals surface area contributed by atoms with E-state index in [0.29, 0.717) is 0 Å². The minimum absolute atomic E-state index is 1.22. The second kappa shape index (κ2) is 15.6. The third kappa shape index (κ3) is 6.21. The van der Waals surface area contributed by atoms with Crippen LogP contribution in [0.5, 0.6) is 0 Å². The lowest BCUT2D eigenvalue weighted by atomic mass is 9.90. The molecular formula is C68H40S2. The van der Waals surface area contributed by atoms with Gasteiger partial charge < -0.3 is 0 Å². The predicted octanol–water partition coefficient (Wildman–Crippen LogP) is 20.5. The molecule has 0 amide bonds. The molecule has 2 aromatic heterocycles. The maximum absolute atomic E-state index is 2.48. The molecule has 0 bridgehead atoms. The number of hydrogen-bond donors (Lipinski definition) is 0. The van der Waals surface area contributed by atoms with E-state index in [1.54, 1.807) is 0 Å². The van der Waals surface area contributed by atoms with E-state index in [1.165, 1.54) is 150 Å². The summed E-state index contributed by atoms with van der Waals surface area (Å²) in [4.78, 5) is 0. The van der Waals surface area contributed by atoms with Crippen LogP contribution >= 0.6 is 22.7 Å². The van der Waals surface area contributed by atoms with Crippen LogP contribution in [0, 0.1) is 0 Å². The highest BCUT2D eigenvalue weighted by Crippen LogP contribution is 2.47. The van der Waals surface area contributed by atoms with Crippen molar-refractivity contribution in [1.29, 1.82) is 0 Å². The fourth-order valence-corrected chi connectivity index (χ4v) is 13.8. The standard InChI is InChI=1S/C68H40S2/c1-3-14-41(15-4-1)48-33-49(42-16-5-2-6-17-42)35-50(34-48)53-24-13-25-57-63-39-59-56-29-26-43(36-58(56)54-22-11-12-23-55(54)60(59)40-66(63)70-68(53)57)44-27-30-64-61(37-44)62-38-47(28-31-65(62)69-64)67-51-20-9-7-18-45(51)32-46-19-8-10-21-52(46)67/h1-40H. The summed E-state index contributed by atoms with van der Waals surface area (Å²) in [6, 6.07) is 90.8. The summed E-state index contributed by atoms with van der Waals surface area (Å²) in [5, 5.41) is 18.1. The average molecular weight is 921 g/mol. The fourth-order valence-electron chi connectivity index (χ4n) is 11.5. The topological polar surface area (TPSA) is 0 Å². The van der Waals surface area contributed by atoms with Crippen molar-refractivity contribution >= 4 is 117 Å². The minimum Gasteiger partial charge on any atom is -0.135 e. The van der Waals surface area contributed by atoms with Crippen LogP contribution in [-0.4, -0.2) is 0 Å². The zero-order valence-electron chi connectivity index (χ0n) is 37.9. The van der Waals surface area contributed by atoms with Crippen molar-refractivity contribution in [2.24, 2.45) is 0 Å². The van der Waals surface area contributed by atoms with Crippen molar-refractivity contribution in [3.05, 3.63) is 243 Å². The molecule has 15 aromatic rings. The SMILES string of the molecule is c1ccc(-c2cc(-c3ccccc3)cc(-c3cccc4c3sc3cc5c6ccccc6c6cc(-c7ccc8sc9ccc(-c%10c%11ccccc%11cc%11ccccc%10%11)cc9c8c7)ccc6c5cc34)c2)cc1. The van der Waals surface area contributed by atoms with Gasteiger partial charge in [0, 0.05) is 40.3 Å². The Morgan fingerprint density at radius 3 is 1.33 bits per heavy atom. The first-order valence-corrected chi connectivity index (χ1v) is 25.7. The van der Waals surface area contributed by atoms with Gasteiger partial charge in [0.1, 0.15) is 0 Å². The number of thiophene rings is 2. The van der Waals surface area contributed by atoms with Crippen molar-refractivity contribution in [3.8, 4) is 55.6 Å². The highest BCUT2D eigenvalue weighted by molar-refractivity contribution is 7.26. The Hall–Kier alpha value is -8.40. The van der Waals surface area contributed by atoms with E-state index >= 15 is 0 Å². The third-order valence-corrected chi connectivity index (χ3v) is 17.1. The molecular weight excluding hydrogens is 881 g/mol. The molecule has 0 saturated carbocycles. The van der Waals surface area contributed by atoms with Gasteiger partial charge in [0.05, 0.1) is 0 Å². The zero-order chi connectivity index (χ0) is 45.9. The molecule has 0 aliphatic heterocycles. The number of fused-ring (bicyclic) bond motifs is 14. The zero-order valence-corrected chi connectivity index (χ0v) is 39.5. The maximum Gasteiger partial charge on any atom is 0.0433 e. The summed E-state index contributed by atoms with van der Waals surface area (Å²) in [7, 11) is 0. The second-order valence-corrected chi connectivity index (χ2v) is 20.9. The van der Waals surface area contributed by atoms with Crippen molar-refractivity contribution in [2.45, 2.75) is 0 Å². The summed E-state index contributed by atoms with van der Waals surface area (Å²) in [6.45, 7) is 0. The van der Waals surface area contributed by atoms with E-state index in [4.69, 9.17) is 0 Å². The average Bonchev–Trinajstić information content (AvgIpc) is 3.99. The third-order valence-electron chi connectivity index (χ3n) is 14.8. The highest BCUT2D eigenvalue weighted by Gasteiger charge is 2.18. The van der Waals surface area contributed by atoms with Crippen molar-refractivity contribution in [1.82, 2.24) is 0 Å². The maximum atomic E-state index is 2.48. The Morgan fingerprint density at radius 1 is 0.200 bits per heavy atom. The van der Waals surface area contributed by atoms with Crippen molar-refractivity contribution in [3.63, 3.8) is 0 Å². The van der Waals surface area contributed by atoms with Crippen LogP contribution in [0.15, 0.2) is 243 Å². The van der Waals surface area contributed by atoms with E-state index in [9.17, 15) is 0 Å². The monoisotopic (exact) mass is 920 g/mol. The number of rotatable bonds is 5. The summed E-state index contributed by atoms with van der Waals surface area (Å²) < 4.78 is 5.26. The Morgan fingerprint density at radius 2 is 0.671 bits per heavy atom. The van der Waals surface area contributed by atoms with Gasteiger partial charge >= 0.3 is 0 Å². The van der Waals surface area contributed by atoms with Gasteiger partial charge in [-0.3, -0.25) is 0 Å². The lowest BCUT2D eigenvalue weighted by Crippen LogP contribution is -1.86. The van der Waals surface area contributed by atoms with E-state index in [2.05, 4.69) is 243 Å². The van der Waals surface area contributed by atoms with Gasteiger partial charge in [-0.1, -0.05) is 176 Å². The Kier molecular flexibility index (Phi) is 8.80. The predicted molar refractivity (Wildman–Crippen MR) is 307 cm³/mol. The summed E-state index contributed by atoms with van der Waals surface area (Å²) in [5.74, 6) is 0. The largest absolute Gasteiger partial charge is 0.135 e. The highest BCUT2D eigenvalue weighted by atomic mass is 32.1. The molecule has 15 rings (SSSR count). The summed E-state index contributed by atoms with van der Waals surface area (Å²) in [6.07, 6.45) is 0. The molecule has 0 aliphatic rings. The molecule has 0 atom stereocenters. The number of benzene rings is 13. The molecule has 0 unspecified atom stereocenters. The molecule has 0 saturated heterocycles. The Labute approximate surface area is 412 Å². The molecule has 70 heavy (non-hydrogen) atoms. The van der Waals surface area contributed by atoms with E-state index in [-0.39, 0.29) is 0 Å². The van der Waals surface area contributed by atoms with Crippen LogP contribution in [0.1, 0.15) is 0 Å². The summed E-state index contributed by atoms with van der Waals surface area (Å²) >= 11 is 3.80. The van der Waals surface area contributed by atoms with Crippen LogP contribution in [0.25, 0.3) is 150 Å². The molecule has 0 nitrogen and oxygen atoms in total. The normalized spacial score (nSPS) is 12.0. The molecule has 13 aromatic carbocycles. The molecule has 0 fully saturated rings. The van der Waals surface area contributed by atoms with Gasteiger partial charge in [-0.25, -0.2) is 0 Å². The molecule has 2 heteroatoms. The van der Waals surface area contributed by atoms with Gasteiger partial charge in [-0.15, -0.1) is 22.7 Å². The first-order chi connectivity index (χ1) is 34.7. The Bertz CT molecular complexity index is 4520. The first kappa shape index (κ1) is 39.6. The van der Waals surface area contributed by atoms with Gasteiger partial charge in [0.25, 0.3) is 0 Å². The Balaban J connectivity index is 0.886. The molecule has 324 valence electrons. The van der Waals surface area contributed by atoms with E-state index in [0.717, 1.165) is 0 Å². The van der Waals surface area contributed by atoms with Crippen LogP contribution in [0.3, 0.4) is 0 Å². The van der Waals surface area contributed by atoms with Gasteiger partial charge in [-0.2, -0.15) is 0 Å². The lowest BCUT2D eigenvalue weighted by Gasteiger charge is -2.13. The second-order valence-electron chi connectivity index (χ2n) is 18.7. The van der Waals surface area contributed by atoms with Gasteiger partial charge in [-0.05, 0) is 176 Å². The van der Waals surface area contributed by atoms with Crippen LogP contribution in [0.4, 0.5) is 0 Å². The quantitative estimate of drug-likeness (QED) is 0.119. The molecule has 0 radical (unpaired) electrons. The minimum atomic E-state index is 1.22. The van der Waals surface area contributed by atoms with Crippen LogP contribution < -0.4 is 0 Å². The van der Waals surface area contributed by atoms with E-state index in [1.807, 2.05) is 22.7 Å². The van der Waals surface area contributed by atoms with Gasteiger partial charge in [0.2, 0.25) is 0 Å².